The van der Waals surface area contributed by atoms with Crippen molar-refractivity contribution in [3.63, 3.8) is 0 Å². The lowest BCUT2D eigenvalue weighted by molar-refractivity contribution is 0.258. The van der Waals surface area contributed by atoms with Gasteiger partial charge in [0.2, 0.25) is 0 Å². The van der Waals surface area contributed by atoms with Gasteiger partial charge in [0.15, 0.2) is 0 Å². The first-order valence-corrected chi connectivity index (χ1v) is 7.96. The minimum absolute atomic E-state index is 0.694. The van der Waals surface area contributed by atoms with Crippen molar-refractivity contribution in [1.29, 1.82) is 0 Å². The van der Waals surface area contributed by atoms with Gasteiger partial charge in [-0.05, 0) is 57.5 Å². The van der Waals surface area contributed by atoms with E-state index in [0.717, 1.165) is 19.1 Å². The van der Waals surface area contributed by atoms with Gasteiger partial charge in [-0.3, -0.25) is 0 Å². The Hall–Kier alpha value is -1.06. The Morgan fingerprint density at radius 2 is 1.90 bits per heavy atom. The second-order valence-electron chi connectivity index (χ2n) is 6.53. The summed E-state index contributed by atoms with van der Waals surface area (Å²) in [5.41, 5.74) is 2.79. The van der Waals surface area contributed by atoms with Crippen molar-refractivity contribution < 1.29 is 0 Å². The van der Waals surface area contributed by atoms with E-state index in [0.29, 0.717) is 6.04 Å². The monoisotopic (exact) mass is 273 g/mol. The van der Waals surface area contributed by atoms with Crippen LogP contribution in [0, 0.1) is 0 Å². The highest BCUT2D eigenvalue weighted by Gasteiger charge is 2.22. The first-order valence-electron chi connectivity index (χ1n) is 7.96. The molecular formula is C17H27N3. The highest BCUT2D eigenvalue weighted by Crippen LogP contribution is 2.23. The molecule has 2 fully saturated rings. The summed E-state index contributed by atoms with van der Waals surface area (Å²) in [5, 5.41) is 3.57. The zero-order chi connectivity index (χ0) is 13.9. The Morgan fingerprint density at radius 3 is 2.55 bits per heavy atom. The van der Waals surface area contributed by atoms with Gasteiger partial charge in [0.25, 0.3) is 0 Å². The Bertz CT molecular complexity index is 422. The van der Waals surface area contributed by atoms with Crippen molar-refractivity contribution >= 4 is 5.69 Å². The second kappa shape index (κ2) is 6.15. The molecule has 0 bridgehead atoms. The lowest BCUT2D eigenvalue weighted by Crippen LogP contribution is -2.45. The Labute approximate surface area is 123 Å². The highest BCUT2D eigenvalue weighted by molar-refractivity contribution is 5.48. The van der Waals surface area contributed by atoms with E-state index in [9.17, 15) is 0 Å². The third-order valence-corrected chi connectivity index (χ3v) is 4.60. The van der Waals surface area contributed by atoms with Gasteiger partial charge in [0.1, 0.15) is 0 Å². The van der Waals surface area contributed by atoms with Gasteiger partial charge in [0, 0.05) is 37.4 Å². The fourth-order valence-electron chi connectivity index (χ4n) is 2.99. The first kappa shape index (κ1) is 13.9. The molecule has 0 amide bonds. The van der Waals surface area contributed by atoms with Crippen LogP contribution in [-0.2, 0) is 6.54 Å². The number of nitrogens with zero attached hydrogens (tertiary/aromatic N) is 2. The first-order chi connectivity index (χ1) is 9.72. The van der Waals surface area contributed by atoms with Gasteiger partial charge in [-0.1, -0.05) is 12.1 Å². The van der Waals surface area contributed by atoms with Crippen LogP contribution in [0.1, 0.15) is 31.2 Å². The standard InChI is InChI=1S/C17H27N3/c1-19(2)17-4-3-11-20(13-17)16-9-5-14(6-10-16)12-18-15-7-8-15/h5-6,9-10,15,17-18H,3-4,7-8,11-13H2,1-2H3. The molecular weight excluding hydrogens is 246 g/mol. The van der Waals surface area contributed by atoms with E-state index in [-0.39, 0.29) is 0 Å². The van der Waals surface area contributed by atoms with Crippen molar-refractivity contribution in [1.82, 2.24) is 10.2 Å². The minimum Gasteiger partial charge on any atom is -0.370 e. The number of benzene rings is 1. The summed E-state index contributed by atoms with van der Waals surface area (Å²) >= 11 is 0. The number of rotatable bonds is 5. The summed E-state index contributed by atoms with van der Waals surface area (Å²) in [7, 11) is 4.39. The molecule has 3 heteroatoms. The van der Waals surface area contributed by atoms with Crippen molar-refractivity contribution in [3.05, 3.63) is 29.8 Å². The normalized spacial score (nSPS) is 23.4. The molecule has 0 aromatic heterocycles. The molecule has 20 heavy (non-hydrogen) atoms. The molecule has 1 unspecified atom stereocenters. The predicted molar refractivity (Wildman–Crippen MR) is 85.2 cm³/mol. The van der Waals surface area contributed by atoms with Crippen LogP contribution in [0.2, 0.25) is 0 Å². The van der Waals surface area contributed by atoms with Gasteiger partial charge in [-0.15, -0.1) is 0 Å². The molecule has 0 radical (unpaired) electrons. The van der Waals surface area contributed by atoms with Crippen LogP contribution in [-0.4, -0.2) is 44.2 Å². The summed E-state index contributed by atoms with van der Waals surface area (Å²) in [4.78, 5) is 4.90. The summed E-state index contributed by atoms with van der Waals surface area (Å²) in [6, 6.07) is 10.6. The molecule has 3 rings (SSSR count). The molecule has 1 aromatic rings. The van der Waals surface area contributed by atoms with Crippen LogP contribution in [0.4, 0.5) is 5.69 Å². The van der Waals surface area contributed by atoms with Gasteiger partial charge in [-0.2, -0.15) is 0 Å². The number of hydrogen-bond acceptors (Lipinski definition) is 3. The van der Waals surface area contributed by atoms with E-state index in [2.05, 4.69) is 53.5 Å². The maximum absolute atomic E-state index is 3.57. The summed E-state index contributed by atoms with van der Waals surface area (Å²) in [6.07, 6.45) is 5.34. The van der Waals surface area contributed by atoms with E-state index >= 15 is 0 Å². The Morgan fingerprint density at radius 1 is 1.15 bits per heavy atom. The second-order valence-corrected chi connectivity index (χ2v) is 6.53. The largest absolute Gasteiger partial charge is 0.370 e. The van der Waals surface area contributed by atoms with Gasteiger partial charge >= 0.3 is 0 Å². The molecule has 1 heterocycles. The molecule has 2 aliphatic rings. The number of anilines is 1. The quantitative estimate of drug-likeness (QED) is 0.889. The molecule has 0 spiro atoms. The highest BCUT2D eigenvalue weighted by atomic mass is 15.2. The lowest BCUT2D eigenvalue weighted by Gasteiger charge is -2.37. The Balaban J connectivity index is 1.58. The fourth-order valence-corrected chi connectivity index (χ4v) is 2.99. The molecule has 1 saturated heterocycles. The number of hydrogen-bond donors (Lipinski definition) is 1. The average Bonchev–Trinajstić information content (AvgIpc) is 3.30. The SMILES string of the molecule is CN(C)C1CCCN(c2ccc(CNC3CC3)cc2)C1. The molecule has 1 saturated carbocycles. The van der Waals surface area contributed by atoms with Crippen LogP contribution in [0.15, 0.2) is 24.3 Å². The number of piperidine rings is 1. The summed E-state index contributed by atoms with van der Waals surface area (Å²) in [6.45, 7) is 3.38. The van der Waals surface area contributed by atoms with Crippen molar-refractivity contribution in [2.45, 2.75) is 44.3 Å². The maximum atomic E-state index is 3.57. The smallest absolute Gasteiger partial charge is 0.0366 e. The van der Waals surface area contributed by atoms with Crippen LogP contribution in [0.5, 0.6) is 0 Å². The summed E-state index contributed by atoms with van der Waals surface area (Å²) < 4.78 is 0. The zero-order valence-corrected chi connectivity index (χ0v) is 12.8. The maximum Gasteiger partial charge on any atom is 0.0366 e. The third kappa shape index (κ3) is 3.53. The molecule has 1 N–H and O–H groups in total. The topological polar surface area (TPSA) is 18.5 Å². The summed E-state index contributed by atoms with van der Waals surface area (Å²) in [5.74, 6) is 0. The number of nitrogens with one attached hydrogen (secondary N) is 1. The lowest BCUT2D eigenvalue weighted by atomic mass is 10.0. The molecule has 1 aliphatic carbocycles. The van der Waals surface area contributed by atoms with Gasteiger partial charge in [0.05, 0.1) is 0 Å². The van der Waals surface area contributed by atoms with Crippen LogP contribution in [0.25, 0.3) is 0 Å². The average molecular weight is 273 g/mol. The molecule has 1 aliphatic heterocycles. The zero-order valence-electron chi connectivity index (χ0n) is 12.8. The van der Waals surface area contributed by atoms with E-state index in [4.69, 9.17) is 0 Å². The van der Waals surface area contributed by atoms with E-state index < -0.39 is 0 Å². The predicted octanol–water partition coefficient (Wildman–Crippen LogP) is 2.47. The van der Waals surface area contributed by atoms with Crippen molar-refractivity contribution in [2.75, 3.05) is 32.1 Å². The van der Waals surface area contributed by atoms with Gasteiger partial charge < -0.3 is 15.1 Å². The molecule has 3 nitrogen and oxygen atoms in total. The van der Waals surface area contributed by atoms with E-state index in [1.54, 1.807) is 0 Å². The number of likely N-dealkylation sites (N-methyl/N-ethyl adjacent to an activating group) is 1. The van der Waals surface area contributed by atoms with Crippen LogP contribution >= 0.6 is 0 Å². The van der Waals surface area contributed by atoms with E-state index in [1.807, 2.05) is 0 Å². The van der Waals surface area contributed by atoms with E-state index in [1.165, 1.54) is 43.5 Å². The third-order valence-electron chi connectivity index (χ3n) is 4.60. The van der Waals surface area contributed by atoms with Gasteiger partial charge in [-0.25, -0.2) is 0 Å². The molecule has 1 atom stereocenters. The molecule has 110 valence electrons. The van der Waals surface area contributed by atoms with Crippen LogP contribution in [0.3, 0.4) is 0 Å². The Kier molecular flexibility index (Phi) is 4.27. The van der Waals surface area contributed by atoms with Crippen molar-refractivity contribution in [3.8, 4) is 0 Å². The molecule has 1 aromatic carbocycles. The van der Waals surface area contributed by atoms with Crippen LogP contribution < -0.4 is 10.2 Å². The van der Waals surface area contributed by atoms with Crippen molar-refractivity contribution in [2.24, 2.45) is 0 Å². The minimum atomic E-state index is 0.694. The fraction of sp³-hybridized carbons (Fsp3) is 0.647.